The molecule has 0 unspecified atom stereocenters. The summed E-state index contributed by atoms with van der Waals surface area (Å²) in [5, 5.41) is 17.2. The first-order valence-corrected chi connectivity index (χ1v) is 4.46. The fourth-order valence-corrected chi connectivity index (χ4v) is 1.84. The summed E-state index contributed by atoms with van der Waals surface area (Å²) in [5.41, 5.74) is 0. The Kier molecular flexibility index (Phi) is 3.56. The van der Waals surface area contributed by atoms with E-state index in [4.69, 9.17) is 10.2 Å². The van der Waals surface area contributed by atoms with Gasteiger partial charge in [-0.05, 0) is 0 Å². The molecule has 88 valence electrons. The molecule has 0 aromatic heterocycles. The molecule has 0 amide bonds. The second kappa shape index (κ2) is 4.36. The zero-order chi connectivity index (χ0) is 11.6. The Balaban J connectivity index is 2.63. The van der Waals surface area contributed by atoms with Crippen molar-refractivity contribution in [1.29, 1.82) is 0 Å². The van der Waals surface area contributed by atoms with Gasteiger partial charge in [0.1, 0.15) is 0 Å². The Morgan fingerprint density at radius 3 is 2.33 bits per heavy atom. The minimum atomic E-state index is -4.37. The number of rotatable bonds is 3. The molecule has 2 N–H and O–H groups in total. The van der Waals surface area contributed by atoms with Crippen LogP contribution in [0.1, 0.15) is 0 Å². The molecule has 1 fully saturated rings. The first-order valence-electron chi connectivity index (χ1n) is 4.46. The highest BCUT2D eigenvalue weighted by atomic mass is 19.4. The number of hydrogen-bond acceptors (Lipinski definition) is 3. The number of aliphatic hydroxyl groups is 1. The van der Waals surface area contributed by atoms with Gasteiger partial charge in [-0.1, -0.05) is 0 Å². The monoisotopic (exact) mass is 227 g/mol. The molecule has 0 spiro atoms. The van der Waals surface area contributed by atoms with Crippen LogP contribution in [0, 0.1) is 11.8 Å². The van der Waals surface area contributed by atoms with Crippen LogP contribution in [-0.2, 0) is 4.79 Å². The summed E-state index contributed by atoms with van der Waals surface area (Å²) in [5.74, 6) is -3.69. The van der Waals surface area contributed by atoms with E-state index in [9.17, 15) is 18.0 Å². The van der Waals surface area contributed by atoms with Gasteiger partial charge < -0.3 is 10.2 Å². The third-order valence-electron chi connectivity index (χ3n) is 2.53. The molecule has 2 atom stereocenters. The maximum absolute atomic E-state index is 12.4. The zero-order valence-electron chi connectivity index (χ0n) is 7.87. The Morgan fingerprint density at radius 2 is 2.00 bits per heavy atom. The fourth-order valence-electron chi connectivity index (χ4n) is 1.84. The van der Waals surface area contributed by atoms with E-state index >= 15 is 0 Å². The lowest BCUT2D eigenvalue weighted by molar-refractivity contribution is -0.183. The summed E-state index contributed by atoms with van der Waals surface area (Å²) in [4.78, 5) is 11.5. The van der Waals surface area contributed by atoms with Gasteiger partial charge >= 0.3 is 12.1 Å². The molecule has 0 radical (unpaired) electrons. The largest absolute Gasteiger partial charge is 0.480 e. The van der Waals surface area contributed by atoms with Crippen molar-refractivity contribution in [2.75, 3.05) is 26.2 Å². The molecule has 15 heavy (non-hydrogen) atoms. The first-order chi connectivity index (χ1) is 6.84. The number of carboxylic acid groups (broad SMARTS) is 1. The van der Waals surface area contributed by atoms with Crippen LogP contribution >= 0.6 is 0 Å². The van der Waals surface area contributed by atoms with Crippen molar-refractivity contribution < 1.29 is 28.2 Å². The third kappa shape index (κ3) is 3.07. The summed E-state index contributed by atoms with van der Waals surface area (Å²) in [6, 6.07) is 0. The Hall–Kier alpha value is -0.820. The van der Waals surface area contributed by atoms with Crippen LogP contribution in [0.4, 0.5) is 13.2 Å². The molecule has 0 aromatic rings. The second-order valence-electron chi connectivity index (χ2n) is 3.68. The summed E-state index contributed by atoms with van der Waals surface area (Å²) in [6.45, 7) is -1.35. The van der Waals surface area contributed by atoms with Gasteiger partial charge in [-0.25, -0.2) is 0 Å². The van der Waals surface area contributed by atoms with Crippen molar-refractivity contribution in [1.82, 2.24) is 4.90 Å². The van der Waals surface area contributed by atoms with Gasteiger partial charge in [0, 0.05) is 25.6 Å². The van der Waals surface area contributed by atoms with Crippen LogP contribution in [0.15, 0.2) is 0 Å². The number of alkyl halides is 3. The number of aliphatic hydroxyl groups excluding tert-OH is 1. The smallest absolute Gasteiger partial charge is 0.393 e. The van der Waals surface area contributed by atoms with Crippen molar-refractivity contribution in [3.63, 3.8) is 0 Å². The maximum atomic E-state index is 12.4. The van der Waals surface area contributed by atoms with E-state index in [2.05, 4.69) is 0 Å². The Morgan fingerprint density at radius 1 is 1.40 bits per heavy atom. The Labute approximate surface area is 84.3 Å². The molecule has 7 heteroatoms. The average Bonchev–Trinajstić information content (AvgIpc) is 2.45. The molecule has 1 aliphatic heterocycles. The normalized spacial score (nSPS) is 28.3. The van der Waals surface area contributed by atoms with Gasteiger partial charge in [-0.3, -0.25) is 9.69 Å². The molecule has 1 heterocycles. The summed E-state index contributed by atoms with van der Waals surface area (Å²) >= 11 is 0. The molecule has 0 bridgehead atoms. The molecule has 1 aliphatic rings. The van der Waals surface area contributed by atoms with E-state index in [0.717, 1.165) is 0 Å². The molecule has 4 nitrogen and oxygen atoms in total. The van der Waals surface area contributed by atoms with Crippen molar-refractivity contribution >= 4 is 5.97 Å². The van der Waals surface area contributed by atoms with Crippen LogP contribution in [0.2, 0.25) is 0 Å². The Bertz CT molecular complexity index is 244. The van der Waals surface area contributed by atoms with Crippen LogP contribution < -0.4 is 0 Å². The van der Waals surface area contributed by atoms with E-state index in [1.54, 1.807) is 0 Å². The second-order valence-corrected chi connectivity index (χ2v) is 3.68. The molecular formula is C8H12F3NO3. The third-order valence-corrected chi connectivity index (χ3v) is 2.53. The number of carbonyl (C=O) groups is 1. The highest BCUT2D eigenvalue weighted by Crippen LogP contribution is 2.37. The lowest BCUT2D eigenvalue weighted by atomic mass is 9.97. The van der Waals surface area contributed by atoms with Gasteiger partial charge in [0.2, 0.25) is 0 Å². The van der Waals surface area contributed by atoms with Gasteiger partial charge in [0.25, 0.3) is 0 Å². The summed E-state index contributed by atoms with van der Waals surface area (Å²) in [7, 11) is 0. The lowest BCUT2D eigenvalue weighted by Crippen LogP contribution is -2.32. The lowest BCUT2D eigenvalue weighted by Gasteiger charge is -2.19. The SMILES string of the molecule is O=C(O)CN1C[C@H](CO)[C@@H](C(F)(F)F)C1. The average molecular weight is 227 g/mol. The molecule has 1 saturated heterocycles. The molecule has 0 aromatic carbocycles. The molecular weight excluding hydrogens is 215 g/mol. The van der Waals surface area contributed by atoms with Crippen LogP contribution in [0.5, 0.6) is 0 Å². The minimum Gasteiger partial charge on any atom is -0.480 e. The maximum Gasteiger partial charge on any atom is 0.393 e. The van der Waals surface area contributed by atoms with Gasteiger partial charge in [0.15, 0.2) is 0 Å². The number of aliphatic carboxylic acids is 1. The van der Waals surface area contributed by atoms with Gasteiger partial charge in [-0.2, -0.15) is 13.2 Å². The van der Waals surface area contributed by atoms with E-state index < -0.39 is 37.1 Å². The highest BCUT2D eigenvalue weighted by Gasteiger charge is 2.49. The van der Waals surface area contributed by atoms with E-state index in [0.29, 0.717) is 0 Å². The van der Waals surface area contributed by atoms with E-state index in [1.807, 2.05) is 0 Å². The minimum absolute atomic E-state index is 0.0209. The predicted octanol–water partition coefficient (Wildman–Crippen LogP) is 0.174. The van der Waals surface area contributed by atoms with Crippen LogP contribution in [0.3, 0.4) is 0 Å². The predicted molar refractivity (Wildman–Crippen MR) is 44.2 cm³/mol. The summed E-state index contributed by atoms with van der Waals surface area (Å²) < 4.78 is 37.3. The number of hydrogen-bond donors (Lipinski definition) is 2. The number of halogens is 3. The molecule has 1 rings (SSSR count). The molecule has 0 aliphatic carbocycles. The zero-order valence-corrected chi connectivity index (χ0v) is 7.87. The van der Waals surface area contributed by atoms with Crippen molar-refractivity contribution in [3.05, 3.63) is 0 Å². The topological polar surface area (TPSA) is 60.8 Å². The van der Waals surface area contributed by atoms with Crippen molar-refractivity contribution in [2.45, 2.75) is 6.18 Å². The van der Waals surface area contributed by atoms with Gasteiger partial charge in [-0.15, -0.1) is 0 Å². The first kappa shape index (κ1) is 12.3. The molecule has 0 saturated carbocycles. The van der Waals surface area contributed by atoms with E-state index in [1.165, 1.54) is 4.90 Å². The van der Waals surface area contributed by atoms with Crippen LogP contribution in [0.25, 0.3) is 0 Å². The number of likely N-dealkylation sites (tertiary alicyclic amines) is 1. The fraction of sp³-hybridized carbons (Fsp3) is 0.875. The highest BCUT2D eigenvalue weighted by molar-refractivity contribution is 5.69. The van der Waals surface area contributed by atoms with E-state index in [-0.39, 0.29) is 13.1 Å². The van der Waals surface area contributed by atoms with Gasteiger partial charge in [0.05, 0.1) is 12.5 Å². The summed E-state index contributed by atoms with van der Waals surface area (Å²) in [6.07, 6.45) is -4.37. The number of carboxylic acids is 1. The standard InChI is InChI=1S/C8H12F3NO3/c9-8(10,11)6-2-12(3-7(14)15)1-5(6)4-13/h5-6,13H,1-4H2,(H,14,15)/t5-,6+/m1/s1. The number of nitrogens with zero attached hydrogens (tertiary/aromatic N) is 1. The quantitative estimate of drug-likeness (QED) is 0.721. The van der Waals surface area contributed by atoms with Crippen molar-refractivity contribution in [3.8, 4) is 0 Å². The van der Waals surface area contributed by atoms with Crippen molar-refractivity contribution in [2.24, 2.45) is 11.8 Å². The van der Waals surface area contributed by atoms with Crippen LogP contribution in [-0.4, -0.2) is 53.5 Å².